The summed E-state index contributed by atoms with van der Waals surface area (Å²) < 4.78 is 1.85. The van der Waals surface area contributed by atoms with Crippen molar-refractivity contribution in [2.24, 2.45) is 5.92 Å². The molecule has 0 bridgehead atoms. The standard InChI is InChI=1S/C17H23N3O2/c1-11(2)16(21)10-18-17(22)14-5-7-15(8-6-14)20-13(4)9-12(3)19-20/h5-9,11,16,21H,10H2,1-4H3,(H,18,22). The maximum Gasteiger partial charge on any atom is 0.251 e. The molecule has 0 saturated heterocycles. The zero-order chi connectivity index (χ0) is 16.3. The van der Waals surface area contributed by atoms with Crippen molar-refractivity contribution in [2.75, 3.05) is 6.54 Å². The van der Waals surface area contributed by atoms with Gasteiger partial charge in [-0.2, -0.15) is 5.10 Å². The number of nitrogens with zero attached hydrogens (tertiary/aromatic N) is 2. The van der Waals surface area contributed by atoms with Gasteiger partial charge in [0.05, 0.1) is 17.5 Å². The molecular formula is C17H23N3O2. The summed E-state index contributed by atoms with van der Waals surface area (Å²) in [6.45, 7) is 8.04. The van der Waals surface area contributed by atoms with E-state index in [-0.39, 0.29) is 18.4 Å². The lowest BCUT2D eigenvalue weighted by Crippen LogP contribution is -2.34. The second kappa shape index (κ2) is 6.75. The highest BCUT2D eigenvalue weighted by molar-refractivity contribution is 5.94. The number of nitrogens with one attached hydrogen (secondary N) is 1. The van der Waals surface area contributed by atoms with Gasteiger partial charge in [0.2, 0.25) is 0 Å². The van der Waals surface area contributed by atoms with Crippen molar-refractivity contribution in [1.29, 1.82) is 0 Å². The quantitative estimate of drug-likeness (QED) is 0.890. The number of carbonyl (C=O) groups excluding carboxylic acids is 1. The van der Waals surface area contributed by atoms with Crippen LogP contribution in [0.3, 0.4) is 0 Å². The number of hydrogen-bond acceptors (Lipinski definition) is 3. The molecule has 1 atom stereocenters. The molecule has 22 heavy (non-hydrogen) atoms. The summed E-state index contributed by atoms with van der Waals surface area (Å²) >= 11 is 0. The second-order valence-electron chi connectivity index (χ2n) is 5.91. The van der Waals surface area contributed by atoms with Gasteiger partial charge in [-0.1, -0.05) is 13.8 Å². The van der Waals surface area contributed by atoms with Crippen LogP contribution in [0.25, 0.3) is 5.69 Å². The van der Waals surface area contributed by atoms with E-state index in [9.17, 15) is 9.90 Å². The number of benzene rings is 1. The maximum absolute atomic E-state index is 12.0. The lowest BCUT2D eigenvalue weighted by atomic mass is 10.1. The SMILES string of the molecule is Cc1cc(C)n(-c2ccc(C(=O)NCC(O)C(C)C)cc2)n1. The van der Waals surface area contributed by atoms with Gasteiger partial charge >= 0.3 is 0 Å². The van der Waals surface area contributed by atoms with Gasteiger partial charge < -0.3 is 10.4 Å². The number of amides is 1. The number of aliphatic hydroxyl groups excluding tert-OH is 1. The fourth-order valence-corrected chi connectivity index (χ4v) is 2.18. The van der Waals surface area contributed by atoms with Crippen molar-refractivity contribution < 1.29 is 9.90 Å². The summed E-state index contributed by atoms with van der Waals surface area (Å²) in [4.78, 5) is 12.0. The number of hydrogen-bond donors (Lipinski definition) is 2. The van der Waals surface area contributed by atoms with Crippen LogP contribution in [0, 0.1) is 19.8 Å². The number of aromatic nitrogens is 2. The summed E-state index contributed by atoms with van der Waals surface area (Å²) in [7, 11) is 0. The zero-order valence-electron chi connectivity index (χ0n) is 13.5. The van der Waals surface area contributed by atoms with Crippen LogP contribution in [-0.2, 0) is 0 Å². The van der Waals surface area contributed by atoms with E-state index in [0.29, 0.717) is 5.56 Å². The highest BCUT2D eigenvalue weighted by Gasteiger charge is 2.12. The molecule has 0 saturated carbocycles. The first kappa shape index (κ1) is 16.2. The topological polar surface area (TPSA) is 67.2 Å². The van der Waals surface area contributed by atoms with Crippen LogP contribution in [0.2, 0.25) is 0 Å². The minimum Gasteiger partial charge on any atom is -0.391 e. The summed E-state index contributed by atoms with van der Waals surface area (Å²) in [5.41, 5.74) is 3.50. The monoisotopic (exact) mass is 301 g/mol. The van der Waals surface area contributed by atoms with E-state index in [1.807, 2.05) is 50.6 Å². The Balaban J connectivity index is 2.05. The first-order valence-corrected chi connectivity index (χ1v) is 7.48. The van der Waals surface area contributed by atoms with E-state index < -0.39 is 6.10 Å². The van der Waals surface area contributed by atoms with Gasteiger partial charge in [0.1, 0.15) is 0 Å². The summed E-state index contributed by atoms with van der Waals surface area (Å²) in [5, 5.41) is 16.9. The van der Waals surface area contributed by atoms with Crippen LogP contribution in [0.5, 0.6) is 0 Å². The molecular weight excluding hydrogens is 278 g/mol. The Hall–Kier alpha value is -2.14. The zero-order valence-corrected chi connectivity index (χ0v) is 13.5. The highest BCUT2D eigenvalue weighted by Crippen LogP contribution is 2.13. The first-order chi connectivity index (χ1) is 10.4. The van der Waals surface area contributed by atoms with Crippen LogP contribution in [0.1, 0.15) is 35.6 Å². The largest absolute Gasteiger partial charge is 0.391 e. The molecule has 0 aliphatic heterocycles. The predicted molar refractivity (Wildman–Crippen MR) is 86.2 cm³/mol. The molecule has 2 rings (SSSR count). The molecule has 2 N–H and O–H groups in total. The van der Waals surface area contributed by atoms with Gasteiger partial charge in [0.15, 0.2) is 0 Å². The molecule has 1 unspecified atom stereocenters. The molecule has 118 valence electrons. The van der Waals surface area contributed by atoms with Crippen molar-refractivity contribution in [3.05, 3.63) is 47.3 Å². The number of carbonyl (C=O) groups is 1. The van der Waals surface area contributed by atoms with Crippen LogP contribution in [-0.4, -0.2) is 33.4 Å². The third-order valence-electron chi connectivity index (χ3n) is 3.62. The average molecular weight is 301 g/mol. The lowest BCUT2D eigenvalue weighted by Gasteiger charge is -2.15. The smallest absolute Gasteiger partial charge is 0.251 e. The Labute approximate surface area is 131 Å². The van der Waals surface area contributed by atoms with E-state index in [1.165, 1.54) is 0 Å². The molecule has 1 aromatic heterocycles. The highest BCUT2D eigenvalue weighted by atomic mass is 16.3. The molecule has 0 aliphatic rings. The van der Waals surface area contributed by atoms with Gasteiger partial charge in [-0.25, -0.2) is 4.68 Å². The molecule has 1 aromatic carbocycles. The van der Waals surface area contributed by atoms with Crippen LogP contribution in [0.15, 0.2) is 30.3 Å². The second-order valence-corrected chi connectivity index (χ2v) is 5.91. The molecule has 2 aromatic rings. The van der Waals surface area contributed by atoms with Crippen molar-refractivity contribution in [2.45, 2.75) is 33.8 Å². The van der Waals surface area contributed by atoms with Gasteiger partial charge in [0.25, 0.3) is 5.91 Å². The third-order valence-corrected chi connectivity index (χ3v) is 3.62. The first-order valence-electron chi connectivity index (χ1n) is 7.48. The Bertz CT molecular complexity index is 644. The van der Waals surface area contributed by atoms with Crippen molar-refractivity contribution >= 4 is 5.91 Å². The van der Waals surface area contributed by atoms with E-state index in [1.54, 1.807) is 12.1 Å². The number of rotatable bonds is 5. The fourth-order valence-electron chi connectivity index (χ4n) is 2.18. The molecule has 0 spiro atoms. The minimum absolute atomic E-state index is 0.119. The number of aryl methyl sites for hydroxylation is 2. The molecule has 0 radical (unpaired) electrons. The van der Waals surface area contributed by atoms with Crippen LogP contribution >= 0.6 is 0 Å². The van der Waals surface area contributed by atoms with Gasteiger partial charge in [0, 0.05) is 17.8 Å². The lowest BCUT2D eigenvalue weighted by molar-refractivity contribution is 0.0871. The van der Waals surface area contributed by atoms with Crippen molar-refractivity contribution in [3.8, 4) is 5.69 Å². The van der Waals surface area contributed by atoms with E-state index in [4.69, 9.17) is 0 Å². The maximum atomic E-state index is 12.0. The summed E-state index contributed by atoms with van der Waals surface area (Å²) in [6, 6.07) is 9.28. The Morgan fingerprint density at radius 1 is 1.27 bits per heavy atom. The van der Waals surface area contributed by atoms with E-state index in [2.05, 4.69) is 10.4 Å². The van der Waals surface area contributed by atoms with Crippen LogP contribution in [0.4, 0.5) is 0 Å². The molecule has 5 heteroatoms. The van der Waals surface area contributed by atoms with Gasteiger partial charge in [-0.3, -0.25) is 4.79 Å². The van der Waals surface area contributed by atoms with Gasteiger partial charge in [-0.15, -0.1) is 0 Å². The minimum atomic E-state index is -0.530. The van der Waals surface area contributed by atoms with Gasteiger partial charge in [-0.05, 0) is 50.1 Å². The Kier molecular flexibility index (Phi) is 4.98. The summed E-state index contributed by atoms with van der Waals surface area (Å²) in [5.74, 6) is -0.0617. The van der Waals surface area contributed by atoms with Crippen molar-refractivity contribution in [1.82, 2.24) is 15.1 Å². The third kappa shape index (κ3) is 3.74. The molecule has 0 fully saturated rings. The molecule has 1 amide bonds. The summed E-state index contributed by atoms with van der Waals surface area (Å²) in [6.07, 6.45) is -0.530. The number of aliphatic hydroxyl groups is 1. The van der Waals surface area contributed by atoms with Crippen LogP contribution < -0.4 is 5.32 Å². The fraction of sp³-hybridized carbons (Fsp3) is 0.412. The molecule has 0 aliphatic carbocycles. The Morgan fingerprint density at radius 2 is 1.91 bits per heavy atom. The Morgan fingerprint density at radius 3 is 2.41 bits per heavy atom. The predicted octanol–water partition coefficient (Wildman–Crippen LogP) is 2.24. The molecule has 1 heterocycles. The molecule has 5 nitrogen and oxygen atoms in total. The van der Waals surface area contributed by atoms with E-state index >= 15 is 0 Å². The average Bonchev–Trinajstić information content (AvgIpc) is 2.83. The van der Waals surface area contributed by atoms with E-state index in [0.717, 1.165) is 17.1 Å². The van der Waals surface area contributed by atoms with Crippen molar-refractivity contribution in [3.63, 3.8) is 0 Å². The normalized spacial score (nSPS) is 12.5.